The normalized spacial score (nSPS) is 9.64. The van der Waals surface area contributed by atoms with Gasteiger partial charge < -0.3 is 14.8 Å². The lowest BCUT2D eigenvalue weighted by Gasteiger charge is -1.91. The van der Waals surface area contributed by atoms with Crippen LogP contribution in [0.4, 0.5) is 0 Å². The van der Waals surface area contributed by atoms with Crippen molar-refractivity contribution in [3.05, 3.63) is 17.7 Å². The van der Waals surface area contributed by atoms with Gasteiger partial charge in [-0.25, -0.2) is 9.78 Å². The smallest absolute Gasteiger partial charge is 0.356 e. The first-order valence-corrected chi connectivity index (χ1v) is 3.01. The average molecular weight is 156 g/mol. The summed E-state index contributed by atoms with van der Waals surface area (Å²) < 4.78 is 4.40. The number of rotatable bonds is 2. The second-order valence-corrected chi connectivity index (χ2v) is 1.89. The minimum absolute atomic E-state index is 0.211. The first-order valence-electron chi connectivity index (χ1n) is 3.01. The largest absolute Gasteiger partial charge is 0.464 e. The van der Waals surface area contributed by atoms with Gasteiger partial charge in [0.1, 0.15) is 18.1 Å². The van der Waals surface area contributed by atoms with Gasteiger partial charge in [0.05, 0.1) is 13.3 Å². The average Bonchev–Trinajstić information content (AvgIpc) is 2.50. The summed E-state index contributed by atoms with van der Waals surface area (Å²) in [7, 11) is 1.28. The maximum atomic E-state index is 10.8. The molecular formula is C6H8N2O3. The Bertz CT molecular complexity index is 256. The van der Waals surface area contributed by atoms with Crippen molar-refractivity contribution < 1.29 is 14.6 Å². The van der Waals surface area contributed by atoms with Crippen LogP contribution in [-0.2, 0) is 11.3 Å². The summed E-state index contributed by atoms with van der Waals surface area (Å²) in [6.07, 6.45) is 1.32. The molecule has 5 heteroatoms. The lowest BCUT2D eigenvalue weighted by molar-refractivity contribution is 0.0594. The Morgan fingerprint density at radius 2 is 2.64 bits per heavy atom. The number of methoxy groups -OCH3 is 1. The van der Waals surface area contributed by atoms with Crippen molar-refractivity contribution in [2.24, 2.45) is 0 Å². The van der Waals surface area contributed by atoms with Crippen LogP contribution in [0.1, 0.15) is 16.3 Å². The predicted octanol–water partition coefficient (Wildman–Crippen LogP) is -0.311. The highest BCUT2D eigenvalue weighted by Gasteiger charge is 2.07. The van der Waals surface area contributed by atoms with E-state index in [2.05, 4.69) is 14.7 Å². The van der Waals surface area contributed by atoms with Gasteiger partial charge in [-0.2, -0.15) is 0 Å². The second kappa shape index (κ2) is 3.16. The van der Waals surface area contributed by atoms with E-state index in [9.17, 15) is 4.79 Å². The van der Waals surface area contributed by atoms with Crippen molar-refractivity contribution >= 4 is 5.97 Å². The van der Waals surface area contributed by atoms with Crippen molar-refractivity contribution in [1.29, 1.82) is 0 Å². The maximum absolute atomic E-state index is 10.8. The Balaban J connectivity index is 2.80. The molecule has 1 aromatic heterocycles. The third-order valence-electron chi connectivity index (χ3n) is 1.18. The van der Waals surface area contributed by atoms with Crippen LogP contribution in [0.25, 0.3) is 0 Å². The van der Waals surface area contributed by atoms with Gasteiger partial charge >= 0.3 is 5.97 Å². The molecule has 0 bridgehead atoms. The van der Waals surface area contributed by atoms with E-state index in [-0.39, 0.29) is 12.3 Å². The van der Waals surface area contributed by atoms with Crippen LogP contribution in [0, 0.1) is 0 Å². The number of carbonyl (C=O) groups is 1. The molecule has 0 aliphatic rings. The first-order chi connectivity index (χ1) is 5.27. The number of aromatic nitrogens is 2. The van der Waals surface area contributed by atoms with Gasteiger partial charge in [0.2, 0.25) is 0 Å². The van der Waals surface area contributed by atoms with Crippen LogP contribution in [-0.4, -0.2) is 28.2 Å². The number of aromatic amines is 1. The number of H-pyrrole nitrogens is 1. The molecule has 0 unspecified atom stereocenters. The van der Waals surface area contributed by atoms with Gasteiger partial charge in [-0.3, -0.25) is 0 Å². The zero-order chi connectivity index (χ0) is 8.27. The Labute approximate surface area is 63.0 Å². The van der Waals surface area contributed by atoms with E-state index in [1.54, 1.807) is 0 Å². The molecule has 0 aromatic carbocycles. The lowest BCUT2D eigenvalue weighted by atomic mass is 10.5. The standard InChI is InChI=1S/C6H8N2O3/c1-11-6(10)4-2-7-5(3-9)8-4/h2,9H,3H2,1H3,(H,7,8). The van der Waals surface area contributed by atoms with E-state index < -0.39 is 5.97 Å². The molecule has 11 heavy (non-hydrogen) atoms. The Morgan fingerprint density at radius 3 is 3.09 bits per heavy atom. The molecular weight excluding hydrogens is 148 g/mol. The minimum atomic E-state index is -0.489. The van der Waals surface area contributed by atoms with Crippen molar-refractivity contribution in [2.45, 2.75) is 6.61 Å². The van der Waals surface area contributed by atoms with Crippen LogP contribution < -0.4 is 0 Å². The maximum Gasteiger partial charge on any atom is 0.356 e. The summed E-state index contributed by atoms with van der Waals surface area (Å²) >= 11 is 0. The topological polar surface area (TPSA) is 75.2 Å². The molecule has 0 spiro atoms. The third-order valence-corrected chi connectivity index (χ3v) is 1.18. The van der Waals surface area contributed by atoms with E-state index in [4.69, 9.17) is 5.11 Å². The van der Waals surface area contributed by atoms with Crippen molar-refractivity contribution in [3.8, 4) is 0 Å². The molecule has 0 saturated carbocycles. The summed E-state index contributed by atoms with van der Waals surface area (Å²) in [5, 5.41) is 8.56. The monoisotopic (exact) mass is 156 g/mol. The second-order valence-electron chi connectivity index (χ2n) is 1.89. The number of aliphatic hydroxyl groups excluding tert-OH is 1. The molecule has 0 fully saturated rings. The van der Waals surface area contributed by atoms with Gasteiger partial charge in [0.15, 0.2) is 0 Å². The number of ether oxygens (including phenoxy) is 1. The van der Waals surface area contributed by atoms with E-state index in [0.717, 1.165) is 0 Å². The van der Waals surface area contributed by atoms with Crippen molar-refractivity contribution in [3.63, 3.8) is 0 Å². The van der Waals surface area contributed by atoms with Gasteiger partial charge in [-0.1, -0.05) is 0 Å². The summed E-state index contributed by atoms with van der Waals surface area (Å²) in [4.78, 5) is 17.0. The van der Waals surface area contributed by atoms with Gasteiger partial charge in [-0.15, -0.1) is 0 Å². The van der Waals surface area contributed by atoms with Crippen LogP contribution >= 0.6 is 0 Å². The van der Waals surface area contributed by atoms with Crippen LogP contribution in [0.15, 0.2) is 6.20 Å². The number of hydrogen-bond acceptors (Lipinski definition) is 4. The highest BCUT2D eigenvalue weighted by atomic mass is 16.5. The van der Waals surface area contributed by atoms with E-state index in [1.807, 2.05) is 0 Å². The SMILES string of the molecule is COC(=O)c1cnc(CO)[nH]1. The van der Waals surface area contributed by atoms with Gasteiger partial charge in [-0.05, 0) is 0 Å². The summed E-state index contributed by atoms with van der Waals surface area (Å²) in [6, 6.07) is 0. The molecule has 1 rings (SSSR count). The highest BCUT2D eigenvalue weighted by Crippen LogP contribution is 1.97. The number of aliphatic hydroxyl groups is 1. The summed E-state index contributed by atoms with van der Waals surface area (Å²) in [6.45, 7) is -0.211. The van der Waals surface area contributed by atoms with Crippen LogP contribution in [0.2, 0.25) is 0 Å². The first kappa shape index (κ1) is 7.74. The molecule has 5 nitrogen and oxygen atoms in total. The van der Waals surface area contributed by atoms with E-state index in [0.29, 0.717) is 5.82 Å². The van der Waals surface area contributed by atoms with Crippen LogP contribution in [0.3, 0.4) is 0 Å². The molecule has 2 N–H and O–H groups in total. The number of carbonyl (C=O) groups excluding carboxylic acids is 1. The zero-order valence-corrected chi connectivity index (χ0v) is 6.00. The fourth-order valence-corrected chi connectivity index (χ4v) is 0.657. The van der Waals surface area contributed by atoms with Crippen LogP contribution in [0.5, 0.6) is 0 Å². The fraction of sp³-hybridized carbons (Fsp3) is 0.333. The predicted molar refractivity (Wildman–Crippen MR) is 35.8 cm³/mol. The fourth-order valence-electron chi connectivity index (χ4n) is 0.657. The Hall–Kier alpha value is -1.36. The quantitative estimate of drug-likeness (QED) is 0.576. The number of nitrogens with one attached hydrogen (secondary N) is 1. The number of hydrogen-bond donors (Lipinski definition) is 2. The van der Waals surface area contributed by atoms with Crippen molar-refractivity contribution in [2.75, 3.05) is 7.11 Å². The number of nitrogens with zero attached hydrogens (tertiary/aromatic N) is 1. The summed E-state index contributed by atoms with van der Waals surface area (Å²) in [5.74, 6) is -0.136. The molecule has 0 saturated heterocycles. The highest BCUT2D eigenvalue weighted by molar-refractivity contribution is 5.86. The van der Waals surface area contributed by atoms with Gasteiger partial charge in [0, 0.05) is 0 Å². The molecule has 0 atom stereocenters. The lowest BCUT2D eigenvalue weighted by Crippen LogP contribution is -2.01. The van der Waals surface area contributed by atoms with E-state index in [1.165, 1.54) is 13.3 Å². The zero-order valence-electron chi connectivity index (χ0n) is 6.00. The third kappa shape index (κ3) is 1.56. The van der Waals surface area contributed by atoms with Crippen molar-refractivity contribution in [1.82, 2.24) is 9.97 Å². The number of imidazole rings is 1. The Kier molecular flexibility index (Phi) is 2.22. The van der Waals surface area contributed by atoms with Gasteiger partial charge in [0.25, 0.3) is 0 Å². The molecule has 60 valence electrons. The molecule has 0 aliphatic carbocycles. The minimum Gasteiger partial charge on any atom is -0.464 e. The van der Waals surface area contributed by atoms with E-state index >= 15 is 0 Å². The molecule has 0 aliphatic heterocycles. The number of esters is 1. The molecule has 1 heterocycles. The Morgan fingerprint density at radius 1 is 1.91 bits per heavy atom. The molecule has 0 amide bonds. The molecule has 0 radical (unpaired) electrons. The summed E-state index contributed by atoms with van der Waals surface area (Å²) in [5.41, 5.74) is 0.247. The molecule has 1 aromatic rings.